The molecule has 2 aromatic carbocycles. The van der Waals surface area contributed by atoms with Gasteiger partial charge >= 0.3 is 5.97 Å². The molecule has 144 valence electrons. The number of halogens is 4. The number of anilines is 1. The van der Waals surface area contributed by atoms with Gasteiger partial charge in [-0.15, -0.1) is 0 Å². The molecule has 27 heavy (non-hydrogen) atoms. The summed E-state index contributed by atoms with van der Waals surface area (Å²) >= 11 is 5.88. The van der Waals surface area contributed by atoms with Crippen LogP contribution in [-0.2, 0) is 20.7 Å². The van der Waals surface area contributed by atoms with Crippen LogP contribution in [0.5, 0.6) is 5.75 Å². The van der Waals surface area contributed by atoms with Crippen molar-refractivity contribution in [2.75, 3.05) is 12.4 Å². The van der Waals surface area contributed by atoms with Gasteiger partial charge in [-0.3, -0.25) is 9.59 Å². The van der Waals surface area contributed by atoms with Gasteiger partial charge in [0.15, 0.2) is 23.6 Å². The number of methoxy groups -OCH3 is 1. The fourth-order valence-corrected chi connectivity index (χ4v) is 2.38. The van der Waals surface area contributed by atoms with Crippen LogP contribution in [0.1, 0.15) is 12.5 Å². The fourth-order valence-electron chi connectivity index (χ4n) is 2.19. The van der Waals surface area contributed by atoms with E-state index in [0.29, 0.717) is 22.4 Å². The Morgan fingerprint density at radius 1 is 1.15 bits per heavy atom. The lowest BCUT2D eigenvalue weighted by Gasteiger charge is -2.15. The molecule has 2 aromatic rings. The van der Waals surface area contributed by atoms with E-state index in [1.165, 1.54) is 20.1 Å². The molecule has 0 saturated heterocycles. The summed E-state index contributed by atoms with van der Waals surface area (Å²) in [7, 11) is 1.42. The molecule has 0 heterocycles. The number of benzene rings is 2. The summed E-state index contributed by atoms with van der Waals surface area (Å²) in [5.41, 5.74) is -0.118. The van der Waals surface area contributed by atoms with Crippen LogP contribution in [0.2, 0.25) is 5.02 Å². The second-order valence-electron chi connectivity index (χ2n) is 5.48. The van der Waals surface area contributed by atoms with E-state index in [2.05, 4.69) is 0 Å². The van der Waals surface area contributed by atoms with E-state index >= 15 is 0 Å². The highest BCUT2D eigenvalue weighted by Gasteiger charge is 2.22. The van der Waals surface area contributed by atoms with Gasteiger partial charge in [-0.2, -0.15) is 0 Å². The highest BCUT2D eigenvalue weighted by molar-refractivity contribution is 6.30. The summed E-state index contributed by atoms with van der Waals surface area (Å²) in [5.74, 6) is -5.91. The molecule has 1 N–H and O–H groups in total. The van der Waals surface area contributed by atoms with Crippen molar-refractivity contribution in [1.82, 2.24) is 0 Å². The molecule has 1 atom stereocenters. The Bertz CT molecular complexity index is 876. The predicted octanol–water partition coefficient (Wildman–Crippen LogP) is 3.88. The minimum atomic E-state index is -1.72. The molecule has 1 amide bonds. The Hall–Kier alpha value is -2.74. The standard InChI is InChI=1S/C18H15ClF3NO4/c1-9(18(25)23-13-5-4-12(20)16(21)17(13)22)27-15(24)8-10-7-11(19)3-6-14(10)26-2/h3-7,9H,8H2,1-2H3,(H,23,25)/t9-/m1/s1. The third kappa shape index (κ3) is 5.13. The zero-order chi connectivity index (χ0) is 20.1. The minimum Gasteiger partial charge on any atom is -0.496 e. The normalized spacial score (nSPS) is 11.6. The molecule has 0 aliphatic carbocycles. The van der Waals surface area contributed by atoms with E-state index in [1.807, 2.05) is 5.32 Å². The van der Waals surface area contributed by atoms with Crippen LogP contribution < -0.4 is 10.1 Å². The van der Waals surface area contributed by atoms with E-state index in [1.54, 1.807) is 12.1 Å². The van der Waals surface area contributed by atoms with Crippen LogP contribution in [-0.4, -0.2) is 25.1 Å². The van der Waals surface area contributed by atoms with Gasteiger partial charge in [0.05, 0.1) is 19.2 Å². The van der Waals surface area contributed by atoms with Gasteiger partial charge in [0.25, 0.3) is 5.91 Å². The zero-order valence-corrected chi connectivity index (χ0v) is 15.1. The first-order valence-electron chi connectivity index (χ1n) is 7.69. The van der Waals surface area contributed by atoms with Crippen molar-refractivity contribution < 1.29 is 32.2 Å². The van der Waals surface area contributed by atoms with E-state index in [-0.39, 0.29) is 6.42 Å². The molecule has 0 radical (unpaired) electrons. The Labute approximate surface area is 158 Å². The molecule has 0 fully saturated rings. The van der Waals surface area contributed by atoms with Gasteiger partial charge in [-0.25, -0.2) is 13.2 Å². The molecule has 2 rings (SSSR count). The van der Waals surface area contributed by atoms with Crippen molar-refractivity contribution >= 4 is 29.2 Å². The second-order valence-corrected chi connectivity index (χ2v) is 5.91. The topological polar surface area (TPSA) is 64.6 Å². The summed E-state index contributed by atoms with van der Waals surface area (Å²) in [6.07, 6.45) is -1.53. The molecule has 0 aromatic heterocycles. The number of ether oxygens (including phenoxy) is 2. The molecular formula is C18H15ClF3NO4. The third-order valence-corrected chi connectivity index (χ3v) is 3.78. The molecule has 9 heteroatoms. The Kier molecular flexibility index (Phi) is 6.68. The zero-order valence-electron chi connectivity index (χ0n) is 14.3. The number of carbonyl (C=O) groups is 2. The molecule has 0 aliphatic heterocycles. The number of amides is 1. The number of esters is 1. The van der Waals surface area contributed by atoms with Gasteiger partial charge in [0, 0.05) is 10.6 Å². The molecule has 0 unspecified atom stereocenters. The first-order valence-corrected chi connectivity index (χ1v) is 8.07. The average Bonchev–Trinajstić information content (AvgIpc) is 2.62. The van der Waals surface area contributed by atoms with E-state index < -0.39 is 41.1 Å². The number of nitrogens with one attached hydrogen (secondary N) is 1. The van der Waals surface area contributed by atoms with Crippen LogP contribution >= 0.6 is 11.6 Å². The lowest BCUT2D eigenvalue weighted by Crippen LogP contribution is -2.31. The summed E-state index contributed by atoms with van der Waals surface area (Å²) in [4.78, 5) is 24.0. The Morgan fingerprint density at radius 2 is 1.85 bits per heavy atom. The summed E-state index contributed by atoms with van der Waals surface area (Å²) in [6, 6.07) is 6.20. The third-order valence-electron chi connectivity index (χ3n) is 3.55. The van der Waals surface area contributed by atoms with Crippen molar-refractivity contribution in [3.8, 4) is 5.75 Å². The SMILES string of the molecule is COc1ccc(Cl)cc1CC(=O)O[C@H](C)C(=O)Nc1ccc(F)c(F)c1F. The van der Waals surface area contributed by atoms with Crippen molar-refractivity contribution in [2.45, 2.75) is 19.4 Å². The lowest BCUT2D eigenvalue weighted by atomic mass is 10.1. The highest BCUT2D eigenvalue weighted by atomic mass is 35.5. The quantitative estimate of drug-likeness (QED) is 0.589. The maximum absolute atomic E-state index is 13.6. The molecular weight excluding hydrogens is 387 g/mol. The summed E-state index contributed by atoms with van der Waals surface area (Å²) in [6.45, 7) is 1.25. The fraction of sp³-hybridized carbons (Fsp3) is 0.222. The van der Waals surface area contributed by atoms with Crippen LogP contribution in [0.15, 0.2) is 30.3 Å². The van der Waals surface area contributed by atoms with E-state index in [9.17, 15) is 22.8 Å². The second kappa shape index (κ2) is 8.77. The van der Waals surface area contributed by atoms with Gasteiger partial charge in [-0.05, 0) is 37.3 Å². The first kappa shape index (κ1) is 20.6. The lowest BCUT2D eigenvalue weighted by molar-refractivity contribution is -0.152. The largest absolute Gasteiger partial charge is 0.496 e. The van der Waals surface area contributed by atoms with Crippen molar-refractivity contribution in [2.24, 2.45) is 0 Å². The maximum Gasteiger partial charge on any atom is 0.311 e. The van der Waals surface area contributed by atoms with Gasteiger partial charge < -0.3 is 14.8 Å². The van der Waals surface area contributed by atoms with Crippen LogP contribution in [0, 0.1) is 17.5 Å². The van der Waals surface area contributed by atoms with Crippen LogP contribution in [0.3, 0.4) is 0 Å². The van der Waals surface area contributed by atoms with Crippen molar-refractivity contribution in [3.63, 3.8) is 0 Å². The minimum absolute atomic E-state index is 0.221. The summed E-state index contributed by atoms with van der Waals surface area (Å²) < 4.78 is 49.8. The average molecular weight is 402 g/mol. The Balaban J connectivity index is 2.01. The monoisotopic (exact) mass is 401 g/mol. The molecule has 0 bridgehead atoms. The Morgan fingerprint density at radius 3 is 2.52 bits per heavy atom. The number of carbonyl (C=O) groups excluding carboxylic acids is 2. The molecule has 0 saturated carbocycles. The van der Waals surface area contributed by atoms with Crippen LogP contribution in [0.4, 0.5) is 18.9 Å². The maximum atomic E-state index is 13.6. The molecule has 5 nitrogen and oxygen atoms in total. The molecule has 0 aliphatic rings. The number of hydrogen-bond donors (Lipinski definition) is 1. The highest BCUT2D eigenvalue weighted by Crippen LogP contribution is 2.24. The van der Waals surface area contributed by atoms with E-state index in [0.717, 1.165) is 6.07 Å². The predicted molar refractivity (Wildman–Crippen MR) is 92.2 cm³/mol. The number of rotatable bonds is 6. The summed E-state index contributed by atoms with van der Waals surface area (Å²) in [5, 5.41) is 2.42. The first-order chi connectivity index (χ1) is 12.7. The molecule has 0 spiro atoms. The smallest absolute Gasteiger partial charge is 0.311 e. The van der Waals surface area contributed by atoms with Crippen molar-refractivity contribution in [1.29, 1.82) is 0 Å². The number of hydrogen-bond acceptors (Lipinski definition) is 4. The van der Waals surface area contributed by atoms with E-state index in [4.69, 9.17) is 21.1 Å². The van der Waals surface area contributed by atoms with Gasteiger partial charge in [0.2, 0.25) is 0 Å². The van der Waals surface area contributed by atoms with Gasteiger partial charge in [-0.1, -0.05) is 11.6 Å². The van der Waals surface area contributed by atoms with Crippen molar-refractivity contribution in [3.05, 3.63) is 58.4 Å². The van der Waals surface area contributed by atoms with Gasteiger partial charge in [0.1, 0.15) is 5.75 Å². The van der Waals surface area contributed by atoms with Crippen LogP contribution in [0.25, 0.3) is 0 Å².